The molecule has 1 saturated carbocycles. The molecule has 1 amide bonds. The van der Waals surface area contributed by atoms with Gasteiger partial charge in [-0.05, 0) is 43.9 Å². The molecule has 0 atom stereocenters. The summed E-state index contributed by atoms with van der Waals surface area (Å²) in [5.74, 6) is -0.650. The van der Waals surface area contributed by atoms with Crippen molar-refractivity contribution in [3.63, 3.8) is 0 Å². The molecule has 0 unspecified atom stereocenters. The maximum Gasteiger partial charge on any atom is 0.306 e. The molecule has 0 radical (unpaired) electrons. The van der Waals surface area contributed by atoms with Crippen molar-refractivity contribution in [1.82, 2.24) is 4.98 Å². The molecule has 2 aromatic rings. The van der Waals surface area contributed by atoms with Crippen molar-refractivity contribution in [2.24, 2.45) is 11.8 Å². The molecular formula is C16H18N2O4. The lowest BCUT2D eigenvalue weighted by Crippen LogP contribution is -2.29. The van der Waals surface area contributed by atoms with Crippen LogP contribution in [0, 0.1) is 18.8 Å². The zero-order valence-corrected chi connectivity index (χ0v) is 12.3. The van der Waals surface area contributed by atoms with E-state index < -0.39 is 5.97 Å². The number of aliphatic carboxylic acids is 1. The van der Waals surface area contributed by atoms with Crippen molar-refractivity contribution in [1.29, 1.82) is 0 Å². The van der Waals surface area contributed by atoms with Crippen molar-refractivity contribution >= 4 is 28.7 Å². The largest absolute Gasteiger partial charge is 0.481 e. The average Bonchev–Trinajstić information content (AvgIpc) is 2.86. The van der Waals surface area contributed by atoms with Gasteiger partial charge in [-0.3, -0.25) is 9.59 Å². The predicted molar refractivity (Wildman–Crippen MR) is 80.5 cm³/mol. The molecule has 1 aliphatic rings. The van der Waals surface area contributed by atoms with Crippen LogP contribution in [0.3, 0.4) is 0 Å². The van der Waals surface area contributed by atoms with Gasteiger partial charge in [0.1, 0.15) is 5.52 Å². The lowest BCUT2D eigenvalue weighted by Gasteiger charge is -2.25. The lowest BCUT2D eigenvalue weighted by molar-refractivity contribution is -0.143. The highest BCUT2D eigenvalue weighted by Gasteiger charge is 2.29. The van der Waals surface area contributed by atoms with Crippen LogP contribution >= 0.6 is 0 Å². The van der Waals surface area contributed by atoms with Gasteiger partial charge in [0.25, 0.3) is 0 Å². The van der Waals surface area contributed by atoms with Gasteiger partial charge in [0.05, 0.1) is 5.92 Å². The fourth-order valence-corrected chi connectivity index (χ4v) is 2.97. The molecule has 0 aliphatic heterocycles. The molecule has 1 fully saturated rings. The Kier molecular flexibility index (Phi) is 3.83. The van der Waals surface area contributed by atoms with Gasteiger partial charge in [-0.2, -0.15) is 0 Å². The summed E-state index contributed by atoms with van der Waals surface area (Å²) < 4.78 is 5.40. The number of amides is 1. The predicted octanol–water partition coefficient (Wildman–Crippen LogP) is 2.97. The van der Waals surface area contributed by atoms with E-state index in [9.17, 15) is 9.59 Å². The van der Waals surface area contributed by atoms with Crippen LogP contribution in [0.5, 0.6) is 0 Å². The molecular weight excluding hydrogens is 284 g/mol. The van der Waals surface area contributed by atoms with E-state index in [4.69, 9.17) is 9.52 Å². The topological polar surface area (TPSA) is 92.4 Å². The fraction of sp³-hybridized carbons (Fsp3) is 0.438. The van der Waals surface area contributed by atoms with E-state index in [-0.39, 0.29) is 17.7 Å². The van der Waals surface area contributed by atoms with Gasteiger partial charge in [-0.1, -0.05) is 0 Å². The Labute approximate surface area is 127 Å². The maximum atomic E-state index is 12.3. The highest BCUT2D eigenvalue weighted by Crippen LogP contribution is 2.30. The lowest BCUT2D eigenvalue weighted by atomic mass is 9.81. The van der Waals surface area contributed by atoms with Crippen LogP contribution in [0.2, 0.25) is 0 Å². The summed E-state index contributed by atoms with van der Waals surface area (Å²) in [5.41, 5.74) is 2.09. The molecule has 1 aromatic heterocycles. The monoisotopic (exact) mass is 302 g/mol. The number of carbonyl (C=O) groups excluding carboxylic acids is 1. The van der Waals surface area contributed by atoms with Gasteiger partial charge >= 0.3 is 5.97 Å². The first-order chi connectivity index (χ1) is 10.5. The molecule has 0 saturated heterocycles. The van der Waals surface area contributed by atoms with Gasteiger partial charge in [0.2, 0.25) is 5.91 Å². The number of hydrogen-bond acceptors (Lipinski definition) is 4. The number of hydrogen-bond donors (Lipinski definition) is 2. The smallest absolute Gasteiger partial charge is 0.306 e. The van der Waals surface area contributed by atoms with Gasteiger partial charge < -0.3 is 14.8 Å². The maximum absolute atomic E-state index is 12.3. The molecule has 1 aliphatic carbocycles. The Hall–Kier alpha value is -2.37. The van der Waals surface area contributed by atoms with Gasteiger partial charge in [0, 0.05) is 18.5 Å². The number of carboxylic acid groups (broad SMARTS) is 1. The number of nitrogens with zero attached hydrogens (tertiary/aromatic N) is 1. The molecule has 6 nitrogen and oxygen atoms in total. The Morgan fingerprint density at radius 1 is 1.23 bits per heavy atom. The Morgan fingerprint density at radius 2 is 1.91 bits per heavy atom. The highest BCUT2D eigenvalue weighted by molar-refractivity contribution is 5.94. The zero-order valence-electron chi connectivity index (χ0n) is 12.3. The number of benzene rings is 1. The van der Waals surface area contributed by atoms with Crippen molar-refractivity contribution in [2.45, 2.75) is 32.6 Å². The van der Waals surface area contributed by atoms with E-state index in [0.29, 0.717) is 48.4 Å². The van der Waals surface area contributed by atoms with Gasteiger partial charge in [0.15, 0.2) is 11.5 Å². The summed E-state index contributed by atoms with van der Waals surface area (Å²) in [6, 6.07) is 5.35. The normalized spacial score (nSPS) is 21.7. The molecule has 6 heteroatoms. The summed E-state index contributed by atoms with van der Waals surface area (Å²) in [6.07, 6.45) is 2.37. The number of oxazole rings is 1. The fourth-order valence-electron chi connectivity index (χ4n) is 2.97. The number of rotatable bonds is 3. The minimum atomic E-state index is -0.759. The number of nitrogens with one attached hydrogen (secondary N) is 1. The number of aryl methyl sites for hydroxylation is 1. The first kappa shape index (κ1) is 14.6. The van der Waals surface area contributed by atoms with E-state index in [1.807, 2.05) is 0 Å². The number of aromatic nitrogens is 1. The van der Waals surface area contributed by atoms with Crippen molar-refractivity contribution in [3.05, 3.63) is 24.1 Å². The van der Waals surface area contributed by atoms with Crippen molar-refractivity contribution < 1.29 is 19.1 Å². The first-order valence-corrected chi connectivity index (χ1v) is 7.44. The van der Waals surface area contributed by atoms with Crippen LogP contribution in [0.4, 0.5) is 5.69 Å². The summed E-state index contributed by atoms with van der Waals surface area (Å²) in [4.78, 5) is 27.5. The molecule has 2 N–H and O–H groups in total. The molecule has 0 spiro atoms. The molecule has 22 heavy (non-hydrogen) atoms. The standard InChI is InChI=1S/C16H18N2O4/c1-9-17-13-8-12(6-7-14(13)22-9)18-15(19)10-2-4-11(5-3-10)16(20)21/h6-8,10-11H,2-5H2,1H3,(H,18,19)(H,20,21). The van der Waals surface area contributed by atoms with Crippen LogP contribution in [0.25, 0.3) is 11.1 Å². The zero-order chi connectivity index (χ0) is 15.7. The highest BCUT2D eigenvalue weighted by atomic mass is 16.4. The minimum absolute atomic E-state index is 0.0524. The van der Waals surface area contributed by atoms with E-state index >= 15 is 0 Å². The Bertz CT molecular complexity index is 714. The third kappa shape index (κ3) is 2.95. The van der Waals surface area contributed by atoms with E-state index in [1.165, 1.54) is 0 Å². The number of fused-ring (bicyclic) bond motifs is 1. The van der Waals surface area contributed by atoms with E-state index in [2.05, 4.69) is 10.3 Å². The first-order valence-electron chi connectivity index (χ1n) is 7.44. The summed E-state index contributed by atoms with van der Waals surface area (Å²) in [7, 11) is 0. The third-order valence-electron chi connectivity index (χ3n) is 4.21. The molecule has 1 aromatic carbocycles. The number of carboxylic acids is 1. The number of anilines is 1. The van der Waals surface area contributed by atoms with Crippen LogP contribution < -0.4 is 5.32 Å². The second-order valence-corrected chi connectivity index (χ2v) is 5.79. The average molecular weight is 302 g/mol. The molecule has 1 heterocycles. The molecule has 3 rings (SSSR count). The SMILES string of the molecule is Cc1nc2cc(NC(=O)C3CCC(C(=O)O)CC3)ccc2o1. The number of carbonyl (C=O) groups is 2. The molecule has 0 bridgehead atoms. The Morgan fingerprint density at radius 3 is 2.59 bits per heavy atom. The third-order valence-corrected chi connectivity index (χ3v) is 4.21. The van der Waals surface area contributed by atoms with Gasteiger partial charge in [-0.15, -0.1) is 0 Å². The second kappa shape index (κ2) is 5.79. The van der Waals surface area contributed by atoms with Crippen molar-refractivity contribution in [3.8, 4) is 0 Å². The second-order valence-electron chi connectivity index (χ2n) is 5.79. The quantitative estimate of drug-likeness (QED) is 0.909. The van der Waals surface area contributed by atoms with E-state index in [0.717, 1.165) is 0 Å². The van der Waals surface area contributed by atoms with E-state index in [1.54, 1.807) is 25.1 Å². The van der Waals surface area contributed by atoms with Crippen LogP contribution in [0.1, 0.15) is 31.6 Å². The van der Waals surface area contributed by atoms with Gasteiger partial charge in [-0.25, -0.2) is 4.98 Å². The van der Waals surface area contributed by atoms with Crippen LogP contribution in [0.15, 0.2) is 22.6 Å². The van der Waals surface area contributed by atoms with Crippen molar-refractivity contribution in [2.75, 3.05) is 5.32 Å². The summed E-state index contributed by atoms with van der Waals surface area (Å²) in [6.45, 7) is 1.78. The summed E-state index contributed by atoms with van der Waals surface area (Å²) in [5, 5.41) is 11.9. The molecule has 116 valence electrons. The summed E-state index contributed by atoms with van der Waals surface area (Å²) >= 11 is 0. The minimum Gasteiger partial charge on any atom is -0.481 e. The Balaban J connectivity index is 1.64. The van der Waals surface area contributed by atoms with Crippen LogP contribution in [-0.4, -0.2) is 22.0 Å². The van der Waals surface area contributed by atoms with Crippen LogP contribution in [-0.2, 0) is 9.59 Å².